The summed E-state index contributed by atoms with van der Waals surface area (Å²) in [5.41, 5.74) is 2.33. The van der Waals surface area contributed by atoms with Gasteiger partial charge in [-0.3, -0.25) is 0 Å². The first kappa shape index (κ1) is 8.97. The maximum Gasteiger partial charge on any atom is 0.131 e. The van der Waals surface area contributed by atoms with Gasteiger partial charge in [-0.05, 0) is 43.5 Å². The summed E-state index contributed by atoms with van der Waals surface area (Å²) in [4.78, 5) is 4.15. The molecule has 1 saturated heterocycles. The molecule has 0 radical (unpaired) electrons. The average Bonchev–Trinajstić information content (AvgIpc) is 2.62. The van der Waals surface area contributed by atoms with Crippen molar-refractivity contribution in [1.29, 1.82) is 0 Å². The van der Waals surface area contributed by atoms with Gasteiger partial charge >= 0.3 is 0 Å². The van der Waals surface area contributed by atoms with Gasteiger partial charge in [0.25, 0.3) is 0 Å². The number of aromatic nitrogens is 1. The molecular weight excluding hydrogens is 184 g/mol. The number of rotatable bonds is 1. The van der Waals surface area contributed by atoms with Crippen molar-refractivity contribution in [1.82, 2.24) is 10.3 Å². The van der Waals surface area contributed by atoms with E-state index in [-0.39, 0.29) is 0 Å². The molecule has 1 aromatic heterocycles. The smallest absolute Gasteiger partial charge is 0.131 e. The molecule has 2 nitrogen and oxygen atoms in total. The maximum atomic E-state index is 5.86. The zero-order valence-corrected chi connectivity index (χ0v) is 8.43. The summed E-state index contributed by atoms with van der Waals surface area (Å²) in [6.07, 6.45) is 4.34. The third kappa shape index (κ3) is 1.84. The molecule has 0 aliphatic carbocycles. The van der Waals surface area contributed by atoms with Gasteiger partial charge in [0.2, 0.25) is 0 Å². The first-order chi connectivity index (χ1) is 6.27. The Labute approximate surface area is 83.3 Å². The molecule has 0 amide bonds. The average molecular weight is 197 g/mol. The van der Waals surface area contributed by atoms with Crippen molar-refractivity contribution in [2.75, 3.05) is 6.54 Å². The van der Waals surface area contributed by atoms with Crippen LogP contribution in [0.2, 0.25) is 5.15 Å². The van der Waals surface area contributed by atoms with Crippen LogP contribution in [0.3, 0.4) is 0 Å². The molecule has 1 aromatic rings. The van der Waals surface area contributed by atoms with Crippen molar-refractivity contribution in [2.45, 2.75) is 25.8 Å². The quantitative estimate of drug-likeness (QED) is 0.699. The molecule has 2 rings (SSSR count). The molecule has 70 valence electrons. The Balaban J connectivity index is 2.25. The molecule has 0 spiro atoms. The van der Waals surface area contributed by atoms with E-state index in [0.29, 0.717) is 11.2 Å². The van der Waals surface area contributed by atoms with Crippen LogP contribution in [0.4, 0.5) is 0 Å². The van der Waals surface area contributed by atoms with E-state index < -0.39 is 0 Å². The fraction of sp³-hybridized carbons (Fsp3) is 0.500. The molecule has 2 heterocycles. The van der Waals surface area contributed by atoms with Crippen LogP contribution in [0.5, 0.6) is 0 Å². The van der Waals surface area contributed by atoms with E-state index in [0.717, 1.165) is 12.1 Å². The number of nitrogens with one attached hydrogen (secondary N) is 1. The SMILES string of the molecule is Cc1cc(C2CCCN2)cnc1Cl. The van der Waals surface area contributed by atoms with Gasteiger partial charge in [-0.1, -0.05) is 11.6 Å². The lowest BCUT2D eigenvalue weighted by Crippen LogP contribution is -2.13. The molecule has 1 aliphatic heterocycles. The predicted octanol–water partition coefficient (Wildman–Crippen LogP) is 2.47. The van der Waals surface area contributed by atoms with Crippen molar-refractivity contribution < 1.29 is 0 Å². The predicted molar refractivity (Wildman–Crippen MR) is 54.0 cm³/mol. The third-order valence-electron chi connectivity index (χ3n) is 2.50. The van der Waals surface area contributed by atoms with E-state index in [2.05, 4.69) is 16.4 Å². The van der Waals surface area contributed by atoms with Crippen LogP contribution in [0.25, 0.3) is 0 Å². The van der Waals surface area contributed by atoms with E-state index in [4.69, 9.17) is 11.6 Å². The van der Waals surface area contributed by atoms with E-state index in [1.807, 2.05) is 13.1 Å². The number of hydrogen-bond donors (Lipinski definition) is 1. The van der Waals surface area contributed by atoms with Crippen LogP contribution in [-0.2, 0) is 0 Å². The number of aryl methyl sites for hydroxylation is 1. The molecule has 1 N–H and O–H groups in total. The largest absolute Gasteiger partial charge is 0.310 e. The first-order valence-electron chi connectivity index (χ1n) is 4.63. The van der Waals surface area contributed by atoms with Gasteiger partial charge in [-0.25, -0.2) is 4.98 Å². The van der Waals surface area contributed by atoms with Crippen molar-refractivity contribution in [3.8, 4) is 0 Å². The molecule has 0 saturated carbocycles. The van der Waals surface area contributed by atoms with E-state index in [1.165, 1.54) is 18.4 Å². The maximum absolute atomic E-state index is 5.86. The summed E-state index contributed by atoms with van der Waals surface area (Å²) in [7, 11) is 0. The molecule has 3 heteroatoms. The van der Waals surface area contributed by atoms with Crippen LogP contribution >= 0.6 is 11.6 Å². The van der Waals surface area contributed by atoms with Gasteiger partial charge in [0.1, 0.15) is 5.15 Å². The fourth-order valence-corrected chi connectivity index (χ4v) is 1.84. The van der Waals surface area contributed by atoms with Gasteiger partial charge in [-0.15, -0.1) is 0 Å². The van der Waals surface area contributed by atoms with Gasteiger partial charge in [0.15, 0.2) is 0 Å². The highest BCUT2D eigenvalue weighted by Gasteiger charge is 2.16. The summed E-state index contributed by atoms with van der Waals surface area (Å²) in [6.45, 7) is 3.11. The van der Waals surface area contributed by atoms with Crippen molar-refractivity contribution in [3.05, 3.63) is 28.5 Å². The lowest BCUT2D eigenvalue weighted by molar-refractivity contribution is 0.644. The Bertz CT molecular complexity index is 306. The Morgan fingerprint density at radius 3 is 3.08 bits per heavy atom. The Hall–Kier alpha value is -0.600. The first-order valence-corrected chi connectivity index (χ1v) is 5.00. The monoisotopic (exact) mass is 196 g/mol. The van der Waals surface area contributed by atoms with Gasteiger partial charge in [0, 0.05) is 12.2 Å². The van der Waals surface area contributed by atoms with Gasteiger partial charge < -0.3 is 5.32 Å². The molecule has 1 aliphatic rings. The second-order valence-corrected chi connectivity index (χ2v) is 3.88. The number of halogens is 1. The molecular formula is C10H13ClN2. The Morgan fingerprint density at radius 1 is 1.62 bits per heavy atom. The minimum Gasteiger partial charge on any atom is -0.310 e. The number of hydrogen-bond acceptors (Lipinski definition) is 2. The standard InChI is InChI=1S/C10H13ClN2/c1-7-5-8(6-13-10(7)11)9-3-2-4-12-9/h5-6,9,12H,2-4H2,1H3. The van der Waals surface area contributed by atoms with Crippen LogP contribution in [0.15, 0.2) is 12.3 Å². The Kier molecular flexibility index (Phi) is 2.51. The summed E-state index contributed by atoms with van der Waals surface area (Å²) in [5, 5.41) is 4.05. The normalized spacial score (nSPS) is 22.2. The van der Waals surface area contributed by atoms with Crippen LogP contribution in [-0.4, -0.2) is 11.5 Å². The Morgan fingerprint density at radius 2 is 2.46 bits per heavy atom. The van der Waals surface area contributed by atoms with Crippen molar-refractivity contribution in [3.63, 3.8) is 0 Å². The van der Waals surface area contributed by atoms with Crippen LogP contribution < -0.4 is 5.32 Å². The lowest BCUT2D eigenvalue weighted by Gasteiger charge is -2.10. The highest BCUT2D eigenvalue weighted by molar-refractivity contribution is 6.30. The minimum absolute atomic E-state index is 0.489. The molecule has 0 bridgehead atoms. The van der Waals surface area contributed by atoms with E-state index in [1.54, 1.807) is 0 Å². The highest BCUT2D eigenvalue weighted by Crippen LogP contribution is 2.24. The van der Waals surface area contributed by atoms with E-state index >= 15 is 0 Å². The van der Waals surface area contributed by atoms with Crippen molar-refractivity contribution in [2.24, 2.45) is 0 Å². The van der Waals surface area contributed by atoms with Crippen LogP contribution in [0, 0.1) is 6.92 Å². The third-order valence-corrected chi connectivity index (χ3v) is 2.89. The van der Waals surface area contributed by atoms with Gasteiger partial charge in [-0.2, -0.15) is 0 Å². The number of nitrogens with zero attached hydrogens (tertiary/aromatic N) is 1. The molecule has 13 heavy (non-hydrogen) atoms. The highest BCUT2D eigenvalue weighted by atomic mass is 35.5. The summed E-state index contributed by atoms with van der Waals surface area (Å²) >= 11 is 5.86. The fourth-order valence-electron chi connectivity index (χ4n) is 1.74. The van der Waals surface area contributed by atoms with Crippen LogP contribution in [0.1, 0.15) is 30.0 Å². The summed E-state index contributed by atoms with van der Waals surface area (Å²) in [5.74, 6) is 0. The second kappa shape index (κ2) is 3.64. The molecule has 1 atom stereocenters. The second-order valence-electron chi connectivity index (χ2n) is 3.53. The molecule has 1 unspecified atom stereocenters. The van der Waals surface area contributed by atoms with Gasteiger partial charge in [0.05, 0.1) is 0 Å². The molecule has 0 aromatic carbocycles. The lowest BCUT2D eigenvalue weighted by atomic mass is 10.1. The zero-order valence-electron chi connectivity index (χ0n) is 7.68. The topological polar surface area (TPSA) is 24.9 Å². The zero-order chi connectivity index (χ0) is 9.26. The molecule has 1 fully saturated rings. The summed E-state index contributed by atoms with van der Waals surface area (Å²) < 4.78 is 0. The summed E-state index contributed by atoms with van der Waals surface area (Å²) in [6, 6.07) is 2.61. The van der Waals surface area contributed by atoms with Crippen molar-refractivity contribution >= 4 is 11.6 Å². The number of pyridine rings is 1. The minimum atomic E-state index is 0.489. The van der Waals surface area contributed by atoms with E-state index in [9.17, 15) is 0 Å².